The van der Waals surface area contributed by atoms with Gasteiger partial charge in [-0.3, -0.25) is 0 Å². The van der Waals surface area contributed by atoms with E-state index in [4.69, 9.17) is 16.5 Å². The van der Waals surface area contributed by atoms with Gasteiger partial charge in [0.05, 0.1) is 11.0 Å². The van der Waals surface area contributed by atoms with Crippen LogP contribution in [0, 0.1) is 0 Å². The molecule has 0 aliphatic carbocycles. The molecule has 4 heteroatoms. The summed E-state index contributed by atoms with van der Waals surface area (Å²) in [5.74, 6) is 0.994. The third-order valence-corrected chi connectivity index (χ3v) is 3.66. The van der Waals surface area contributed by atoms with E-state index in [1.54, 1.807) is 0 Å². The Balaban J connectivity index is 2.07. The number of nitrogens with two attached hydrogens (primary N) is 2. The highest BCUT2D eigenvalue weighted by molar-refractivity contribution is 5.80. The molecule has 0 aliphatic heterocycles. The summed E-state index contributed by atoms with van der Waals surface area (Å²) < 4.78 is 2.27. The fourth-order valence-electron chi connectivity index (χ4n) is 2.57. The van der Waals surface area contributed by atoms with E-state index in [-0.39, 0.29) is 0 Å². The van der Waals surface area contributed by atoms with Gasteiger partial charge in [-0.05, 0) is 55.8 Å². The van der Waals surface area contributed by atoms with Crippen molar-refractivity contribution in [2.75, 3.05) is 12.3 Å². The van der Waals surface area contributed by atoms with Crippen LogP contribution in [-0.4, -0.2) is 16.1 Å². The molecule has 0 atom stereocenters. The predicted molar refractivity (Wildman–Crippen MR) is 87.9 cm³/mol. The van der Waals surface area contributed by atoms with Crippen molar-refractivity contribution in [2.45, 2.75) is 19.4 Å². The number of anilines is 1. The molecular weight excluding hydrogens is 260 g/mol. The van der Waals surface area contributed by atoms with Crippen molar-refractivity contribution in [3.8, 4) is 11.4 Å². The maximum Gasteiger partial charge on any atom is 0.141 e. The van der Waals surface area contributed by atoms with Crippen molar-refractivity contribution in [3.63, 3.8) is 0 Å². The average molecular weight is 280 g/mol. The fourth-order valence-corrected chi connectivity index (χ4v) is 2.57. The third-order valence-electron chi connectivity index (χ3n) is 3.66. The first-order valence-corrected chi connectivity index (χ1v) is 7.31. The van der Waals surface area contributed by atoms with E-state index in [1.165, 1.54) is 5.52 Å². The first kappa shape index (κ1) is 13.6. The Kier molecular flexibility index (Phi) is 3.88. The van der Waals surface area contributed by atoms with Crippen LogP contribution in [0.4, 0.5) is 5.69 Å². The number of hydrogen-bond donors (Lipinski definition) is 2. The molecule has 3 aromatic rings. The number of imidazole rings is 1. The summed E-state index contributed by atoms with van der Waals surface area (Å²) in [4.78, 5) is 4.78. The number of benzene rings is 2. The Morgan fingerprint density at radius 3 is 2.48 bits per heavy atom. The number of hydrogen-bond acceptors (Lipinski definition) is 3. The lowest BCUT2D eigenvalue weighted by Crippen LogP contribution is -2.04. The first-order valence-electron chi connectivity index (χ1n) is 7.31. The van der Waals surface area contributed by atoms with Crippen LogP contribution >= 0.6 is 0 Å². The van der Waals surface area contributed by atoms with Crippen LogP contribution in [0.15, 0.2) is 48.5 Å². The Bertz CT molecular complexity index is 728. The van der Waals surface area contributed by atoms with Gasteiger partial charge in [0.1, 0.15) is 5.82 Å². The Labute approximate surface area is 124 Å². The van der Waals surface area contributed by atoms with Gasteiger partial charge in [0.15, 0.2) is 0 Å². The van der Waals surface area contributed by atoms with Gasteiger partial charge < -0.3 is 16.0 Å². The zero-order chi connectivity index (χ0) is 14.7. The SMILES string of the molecule is NCCCCn1c(-c2ccc(N)cc2)nc2ccccc21. The molecule has 0 saturated carbocycles. The van der Waals surface area contributed by atoms with Crippen LogP contribution in [0.5, 0.6) is 0 Å². The minimum atomic E-state index is 0.726. The highest BCUT2D eigenvalue weighted by Gasteiger charge is 2.11. The van der Waals surface area contributed by atoms with Crippen LogP contribution in [-0.2, 0) is 6.54 Å². The van der Waals surface area contributed by atoms with Gasteiger partial charge in [-0.2, -0.15) is 0 Å². The van der Waals surface area contributed by atoms with E-state index in [9.17, 15) is 0 Å². The van der Waals surface area contributed by atoms with Gasteiger partial charge in [0, 0.05) is 17.8 Å². The molecule has 0 unspecified atom stereocenters. The average Bonchev–Trinajstić information content (AvgIpc) is 2.87. The lowest BCUT2D eigenvalue weighted by molar-refractivity contribution is 0.631. The largest absolute Gasteiger partial charge is 0.399 e. The molecule has 1 heterocycles. The molecule has 108 valence electrons. The van der Waals surface area contributed by atoms with Gasteiger partial charge in [-0.25, -0.2) is 4.98 Å². The molecule has 0 bridgehead atoms. The summed E-state index contributed by atoms with van der Waals surface area (Å²) in [5.41, 5.74) is 15.4. The first-order chi connectivity index (χ1) is 10.3. The van der Waals surface area contributed by atoms with Crippen LogP contribution in [0.2, 0.25) is 0 Å². The molecule has 1 aromatic heterocycles. The summed E-state index contributed by atoms with van der Waals surface area (Å²) in [5, 5.41) is 0. The standard InChI is InChI=1S/C17H20N4/c18-11-3-4-12-21-16-6-2-1-5-15(16)20-17(21)13-7-9-14(19)10-8-13/h1-2,5-10H,3-4,11-12,18-19H2. The Hall–Kier alpha value is -2.33. The van der Waals surface area contributed by atoms with Crippen molar-refractivity contribution < 1.29 is 0 Å². The van der Waals surface area contributed by atoms with Gasteiger partial charge in [-0.1, -0.05) is 12.1 Å². The van der Waals surface area contributed by atoms with Crippen LogP contribution < -0.4 is 11.5 Å². The monoisotopic (exact) mass is 280 g/mol. The quantitative estimate of drug-likeness (QED) is 0.557. The smallest absolute Gasteiger partial charge is 0.141 e. The molecule has 4 nitrogen and oxygen atoms in total. The van der Waals surface area contributed by atoms with Gasteiger partial charge in [0.25, 0.3) is 0 Å². The number of aromatic nitrogens is 2. The molecular formula is C17H20N4. The van der Waals surface area contributed by atoms with E-state index in [1.807, 2.05) is 30.3 Å². The number of nitrogen functional groups attached to an aromatic ring is 1. The van der Waals surface area contributed by atoms with E-state index < -0.39 is 0 Å². The van der Waals surface area contributed by atoms with E-state index >= 15 is 0 Å². The van der Waals surface area contributed by atoms with Crippen molar-refractivity contribution in [3.05, 3.63) is 48.5 Å². The summed E-state index contributed by atoms with van der Waals surface area (Å²) in [6.45, 7) is 1.65. The van der Waals surface area contributed by atoms with E-state index in [2.05, 4.69) is 22.8 Å². The number of rotatable bonds is 5. The molecule has 4 N–H and O–H groups in total. The number of nitrogens with zero attached hydrogens (tertiary/aromatic N) is 2. The van der Waals surface area contributed by atoms with Crippen molar-refractivity contribution >= 4 is 16.7 Å². The molecule has 0 spiro atoms. The zero-order valence-electron chi connectivity index (χ0n) is 12.0. The second-order valence-electron chi connectivity index (χ2n) is 5.19. The molecule has 0 amide bonds. The number of para-hydroxylation sites is 2. The topological polar surface area (TPSA) is 69.9 Å². The van der Waals surface area contributed by atoms with Crippen LogP contribution in [0.3, 0.4) is 0 Å². The normalized spacial score (nSPS) is 11.1. The molecule has 0 aliphatic rings. The third kappa shape index (κ3) is 2.76. The van der Waals surface area contributed by atoms with E-state index in [0.29, 0.717) is 0 Å². The summed E-state index contributed by atoms with van der Waals surface area (Å²) in [7, 11) is 0. The zero-order valence-corrected chi connectivity index (χ0v) is 12.0. The molecule has 0 fully saturated rings. The van der Waals surface area contributed by atoms with Crippen LogP contribution in [0.25, 0.3) is 22.4 Å². The van der Waals surface area contributed by atoms with Crippen molar-refractivity contribution in [2.24, 2.45) is 5.73 Å². The highest BCUT2D eigenvalue weighted by atomic mass is 15.1. The van der Waals surface area contributed by atoms with E-state index in [0.717, 1.165) is 48.5 Å². The minimum Gasteiger partial charge on any atom is -0.399 e. The minimum absolute atomic E-state index is 0.726. The lowest BCUT2D eigenvalue weighted by atomic mass is 10.2. The van der Waals surface area contributed by atoms with Gasteiger partial charge in [0.2, 0.25) is 0 Å². The molecule has 2 aromatic carbocycles. The highest BCUT2D eigenvalue weighted by Crippen LogP contribution is 2.25. The number of aryl methyl sites for hydroxylation is 1. The number of unbranched alkanes of at least 4 members (excludes halogenated alkanes) is 1. The van der Waals surface area contributed by atoms with Crippen molar-refractivity contribution in [1.29, 1.82) is 0 Å². The molecule has 3 rings (SSSR count). The second-order valence-corrected chi connectivity index (χ2v) is 5.19. The summed E-state index contributed by atoms with van der Waals surface area (Å²) in [6, 6.07) is 16.1. The van der Waals surface area contributed by atoms with Crippen molar-refractivity contribution in [1.82, 2.24) is 9.55 Å². The Morgan fingerprint density at radius 1 is 0.952 bits per heavy atom. The Morgan fingerprint density at radius 2 is 1.71 bits per heavy atom. The summed E-state index contributed by atoms with van der Waals surface area (Å²) in [6.07, 6.45) is 2.08. The fraction of sp³-hybridized carbons (Fsp3) is 0.235. The second kappa shape index (κ2) is 5.97. The number of fused-ring (bicyclic) bond motifs is 1. The maximum atomic E-state index is 5.78. The molecule has 21 heavy (non-hydrogen) atoms. The molecule has 0 radical (unpaired) electrons. The van der Waals surface area contributed by atoms with Gasteiger partial charge in [-0.15, -0.1) is 0 Å². The molecule has 0 saturated heterocycles. The van der Waals surface area contributed by atoms with Crippen LogP contribution in [0.1, 0.15) is 12.8 Å². The summed E-state index contributed by atoms with van der Waals surface area (Å²) >= 11 is 0. The predicted octanol–water partition coefficient (Wildman–Crippen LogP) is 3.02. The maximum absolute atomic E-state index is 5.78. The van der Waals surface area contributed by atoms with Gasteiger partial charge >= 0.3 is 0 Å². The lowest BCUT2D eigenvalue weighted by Gasteiger charge is -2.09.